The molecule has 21 heteroatoms. The molecular formula is C21H21F16N2O2P. The number of esters is 1. The molecule has 0 saturated carbocycles. The molecule has 1 rings (SSSR count). The Hall–Kier alpha value is -2.40. The highest BCUT2D eigenvalue weighted by atomic mass is 31.0. The number of halogens is 16. The monoisotopic (exact) mass is 668 g/mol. The van der Waals surface area contributed by atoms with Crippen LogP contribution in [0.4, 0.5) is 81.6 Å². The zero-order chi connectivity index (χ0) is 33.4. The van der Waals surface area contributed by atoms with Crippen LogP contribution in [-0.2, 0) is 9.53 Å². The molecule has 0 aromatic heterocycles. The molecule has 0 bridgehead atoms. The van der Waals surface area contributed by atoms with E-state index in [0.29, 0.717) is 17.9 Å². The molecule has 0 aliphatic heterocycles. The van der Waals surface area contributed by atoms with E-state index in [2.05, 4.69) is 4.74 Å². The minimum atomic E-state index is -8.54. The Morgan fingerprint density at radius 3 is 1.55 bits per heavy atom. The number of nitrogens with two attached hydrogens (primary N) is 1. The van der Waals surface area contributed by atoms with Crippen LogP contribution in [0.15, 0.2) is 24.3 Å². The van der Waals surface area contributed by atoms with Crippen LogP contribution in [-0.4, -0.2) is 72.8 Å². The molecule has 1 aromatic rings. The predicted molar refractivity (Wildman–Crippen MR) is 118 cm³/mol. The Balaban J connectivity index is 3.08. The third-order valence-corrected chi connectivity index (χ3v) is 6.46. The molecule has 0 heterocycles. The van der Waals surface area contributed by atoms with Crippen LogP contribution in [0.25, 0.3) is 0 Å². The molecule has 0 amide bonds. The Bertz CT molecular complexity index is 1080. The maximum absolute atomic E-state index is 14.5. The number of hydrogen-bond acceptors (Lipinski definition) is 4. The summed E-state index contributed by atoms with van der Waals surface area (Å²) in [5.41, 5.74) is 6.47. The van der Waals surface area contributed by atoms with Crippen molar-refractivity contribution < 1.29 is 79.8 Å². The lowest BCUT2D eigenvalue weighted by Gasteiger charge is -2.43. The molecule has 42 heavy (non-hydrogen) atoms. The predicted octanol–water partition coefficient (Wildman–Crippen LogP) is 7.33. The van der Waals surface area contributed by atoms with E-state index in [9.17, 15) is 75.0 Å². The smallest absolute Gasteiger partial charge is 0.460 e. The van der Waals surface area contributed by atoms with Gasteiger partial charge in [0.25, 0.3) is 0 Å². The van der Waals surface area contributed by atoms with Crippen LogP contribution in [0.2, 0.25) is 0 Å². The molecule has 0 aliphatic rings. The first-order valence-electron chi connectivity index (χ1n) is 11.1. The summed E-state index contributed by atoms with van der Waals surface area (Å²) in [4.78, 5) is 13.4. The van der Waals surface area contributed by atoms with Gasteiger partial charge >= 0.3 is 47.7 Å². The van der Waals surface area contributed by atoms with E-state index in [-0.39, 0.29) is 15.8 Å². The quantitative estimate of drug-likeness (QED) is 0.0977. The Labute approximate surface area is 228 Å². The van der Waals surface area contributed by atoms with Gasteiger partial charge < -0.3 is 15.4 Å². The van der Waals surface area contributed by atoms with Crippen molar-refractivity contribution in [3.63, 3.8) is 0 Å². The molecule has 1 aromatic carbocycles. The normalized spacial score (nSPS) is 15.8. The van der Waals surface area contributed by atoms with Crippen molar-refractivity contribution in [3.8, 4) is 0 Å². The number of carbonyl (C=O) groups excluding carboxylic acids is 1. The van der Waals surface area contributed by atoms with Gasteiger partial charge in [-0.1, -0.05) is 9.24 Å². The van der Waals surface area contributed by atoms with Gasteiger partial charge in [-0.05, 0) is 31.2 Å². The molecule has 0 saturated heterocycles. The average molecular weight is 668 g/mol. The number of anilines is 2. The van der Waals surface area contributed by atoms with Gasteiger partial charge in [-0.3, -0.25) is 4.79 Å². The topological polar surface area (TPSA) is 55.6 Å². The van der Waals surface area contributed by atoms with E-state index in [1.807, 2.05) is 0 Å². The molecule has 244 valence electrons. The van der Waals surface area contributed by atoms with Crippen molar-refractivity contribution in [1.29, 1.82) is 0 Å². The van der Waals surface area contributed by atoms with Crippen molar-refractivity contribution in [2.75, 3.05) is 30.3 Å². The van der Waals surface area contributed by atoms with E-state index < -0.39 is 72.5 Å². The number of hydrogen-bond donors (Lipinski definition) is 1. The van der Waals surface area contributed by atoms with Crippen molar-refractivity contribution >= 4 is 26.6 Å². The molecule has 2 atom stereocenters. The maximum atomic E-state index is 14.5. The number of carbonyl (C=O) groups is 1. The zero-order valence-electron chi connectivity index (χ0n) is 20.8. The summed E-state index contributed by atoms with van der Waals surface area (Å²) in [7, 11) is 0.160. The second-order valence-electron chi connectivity index (χ2n) is 8.70. The third-order valence-electron chi connectivity index (χ3n) is 5.81. The van der Waals surface area contributed by atoms with Crippen molar-refractivity contribution in [2.24, 2.45) is 0 Å². The number of nitrogen functional groups attached to an aromatic ring is 1. The molecule has 2 N–H and O–H groups in total. The maximum Gasteiger partial charge on any atom is 0.460 e. The van der Waals surface area contributed by atoms with E-state index in [1.54, 1.807) is 24.0 Å². The number of nitrogens with zero attached hydrogens (tertiary/aromatic N) is 1. The SMILES string of the molecule is CCN(CCOC(=O)CCC(F)(P)C(F)(F)C(F)(F)C(F)(F)C(F)(F)C(F)(F)C(F)(F)C(F)(F)F)c1ccc(N)cc1. The van der Waals surface area contributed by atoms with Crippen molar-refractivity contribution in [2.45, 2.75) is 66.9 Å². The summed E-state index contributed by atoms with van der Waals surface area (Å²) in [5, 5.41) is -5.23. The fraction of sp³-hybridized carbons (Fsp3) is 0.667. The first kappa shape index (κ1) is 37.6. The molecule has 0 radical (unpaired) electrons. The van der Waals surface area contributed by atoms with Gasteiger partial charge in [-0.25, -0.2) is 4.39 Å². The standard InChI is InChI=1S/C21H21F16N2O2P/c1-2-39(12-5-3-11(38)4-6-12)9-10-41-13(40)7-8-14(22,42)15(23,24)16(25,26)17(27,28)18(29,30)19(31,32)20(33,34)21(35,36)37/h3-6H,2,7-10,38,42H2,1H3. The summed E-state index contributed by atoms with van der Waals surface area (Å²) in [6.45, 7) is 1.30. The lowest BCUT2D eigenvalue weighted by atomic mass is 9.88. The second-order valence-corrected chi connectivity index (χ2v) is 9.61. The highest BCUT2D eigenvalue weighted by Gasteiger charge is 2.94. The molecule has 0 aliphatic carbocycles. The van der Waals surface area contributed by atoms with E-state index in [1.165, 1.54) is 12.1 Å². The lowest BCUT2D eigenvalue weighted by molar-refractivity contribution is -0.455. The van der Waals surface area contributed by atoms with Crippen LogP contribution in [0.5, 0.6) is 0 Å². The van der Waals surface area contributed by atoms with Gasteiger partial charge in [-0.15, -0.1) is 0 Å². The van der Waals surface area contributed by atoms with Crippen LogP contribution in [0.1, 0.15) is 19.8 Å². The Morgan fingerprint density at radius 2 is 1.14 bits per heavy atom. The molecule has 0 fully saturated rings. The highest BCUT2D eigenvalue weighted by Crippen LogP contribution is 2.64. The largest absolute Gasteiger partial charge is 0.464 e. The van der Waals surface area contributed by atoms with Crippen LogP contribution in [0.3, 0.4) is 0 Å². The van der Waals surface area contributed by atoms with Crippen molar-refractivity contribution in [3.05, 3.63) is 24.3 Å². The first-order valence-corrected chi connectivity index (χ1v) is 11.7. The summed E-state index contributed by atoms with van der Waals surface area (Å²) in [6, 6.07) is 6.10. The number of likely N-dealkylation sites (N-methyl/N-ethyl adjacent to an activating group) is 1. The van der Waals surface area contributed by atoms with E-state index in [4.69, 9.17) is 5.73 Å². The lowest BCUT2D eigenvalue weighted by Crippen LogP contribution is -2.74. The Kier molecular flexibility index (Phi) is 10.7. The summed E-state index contributed by atoms with van der Waals surface area (Å²) in [5.74, 6) is -50.4. The average Bonchev–Trinajstić information content (AvgIpc) is 2.84. The summed E-state index contributed by atoms with van der Waals surface area (Å²) < 4.78 is 219. The molecule has 4 nitrogen and oxygen atoms in total. The van der Waals surface area contributed by atoms with Gasteiger partial charge in [0.2, 0.25) is 0 Å². The fourth-order valence-electron chi connectivity index (χ4n) is 3.17. The minimum absolute atomic E-state index is 0.0971. The number of alkyl halides is 16. The number of ether oxygens (including phenoxy) is 1. The van der Waals surface area contributed by atoms with Gasteiger partial charge in [0.05, 0.1) is 6.54 Å². The summed E-state index contributed by atoms with van der Waals surface area (Å²) >= 11 is 0. The first-order chi connectivity index (χ1) is 18.6. The zero-order valence-corrected chi connectivity index (χ0v) is 22.0. The Morgan fingerprint density at radius 1 is 0.738 bits per heavy atom. The number of rotatable bonds is 14. The molecule has 2 unspecified atom stereocenters. The van der Waals surface area contributed by atoms with Gasteiger partial charge in [-0.2, -0.15) is 65.9 Å². The van der Waals surface area contributed by atoms with Gasteiger partial charge in [0.15, 0.2) is 5.41 Å². The molecule has 0 spiro atoms. The molecular weight excluding hydrogens is 647 g/mol. The minimum Gasteiger partial charge on any atom is -0.464 e. The van der Waals surface area contributed by atoms with Gasteiger partial charge in [0, 0.05) is 30.8 Å². The van der Waals surface area contributed by atoms with E-state index in [0.717, 1.165) is 0 Å². The highest BCUT2D eigenvalue weighted by molar-refractivity contribution is 7.18. The van der Waals surface area contributed by atoms with Crippen LogP contribution >= 0.6 is 9.24 Å². The van der Waals surface area contributed by atoms with E-state index >= 15 is 0 Å². The van der Waals surface area contributed by atoms with Crippen LogP contribution in [0, 0.1) is 0 Å². The van der Waals surface area contributed by atoms with Gasteiger partial charge in [0.1, 0.15) is 6.61 Å². The van der Waals surface area contributed by atoms with Crippen molar-refractivity contribution in [1.82, 2.24) is 0 Å². The summed E-state index contributed by atoms with van der Waals surface area (Å²) in [6.07, 6.45) is -11.6. The third kappa shape index (κ3) is 6.42. The number of benzene rings is 1. The second kappa shape index (κ2) is 11.9. The fourth-order valence-corrected chi connectivity index (χ4v) is 3.49. The van der Waals surface area contributed by atoms with Crippen LogP contribution < -0.4 is 10.6 Å².